The summed E-state index contributed by atoms with van der Waals surface area (Å²) in [4.78, 5) is 0. The van der Waals surface area contributed by atoms with Crippen LogP contribution in [0.1, 0.15) is 66.2 Å². The van der Waals surface area contributed by atoms with Gasteiger partial charge < -0.3 is 5.32 Å². The average molecular weight is 211 g/mol. The minimum Gasteiger partial charge on any atom is -0.314 e. The molecule has 1 fully saturated rings. The van der Waals surface area contributed by atoms with E-state index in [-0.39, 0.29) is 0 Å². The van der Waals surface area contributed by atoms with Crippen LogP contribution in [0.5, 0.6) is 0 Å². The third-order valence-corrected chi connectivity index (χ3v) is 4.04. The fraction of sp³-hybridized carbons (Fsp3) is 1.00. The van der Waals surface area contributed by atoms with Crippen LogP contribution < -0.4 is 5.32 Å². The fourth-order valence-corrected chi connectivity index (χ4v) is 2.66. The van der Waals surface area contributed by atoms with E-state index in [4.69, 9.17) is 0 Å². The van der Waals surface area contributed by atoms with Gasteiger partial charge in [0.05, 0.1) is 0 Å². The quantitative estimate of drug-likeness (QED) is 0.640. The third kappa shape index (κ3) is 3.79. The molecule has 1 aliphatic rings. The lowest BCUT2D eigenvalue weighted by Crippen LogP contribution is -2.38. The number of hydrogen-bond acceptors (Lipinski definition) is 1. The van der Waals surface area contributed by atoms with Crippen molar-refractivity contribution in [3.05, 3.63) is 0 Å². The molecule has 0 aliphatic heterocycles. The van der Waals surface area contributed by atoms with E-state index in [1.54, 1.807) is 0 Å². The summed E-state index contributed by atoms with van der Waals surface area (Å²) in [7, 11) is 0. The molecule has 0 aromatic heterocycles. The van der Waals surface area contributed by atoms with E-state index in [2.05, 4.69) is 33.0 Å². The van der Waals surface area contributed by atoms with Crippen molar-refractivity contribution in [3.8, 4) is 0 Å². The molecule has 0 amide bonds. The van der Waals surface area contributed by atoms with Gasteiger partial charge in [0.25, 0.3) is 0 Å². The van der Waals surface area contributed by atoms with Crippen molar-refractivity contribution < 1.29 is 0 Å². The zero-order valence-electron chi connectivity index (χ0n) is 11.1. The summed E-state index contributed by atoms with van der Waals surface area (Å²) in [5, 5.41) is 3.67. The zero-order chi connectivity index (χ0) is 11.3. The Kier molecular flexibility index (Phi) is 5.11. The minimum absolute atomic E-state index is 0.625. The third-order valence-electron chi connectivity index (χ3n) is 4.04. The lowest BCUT2D eigenvalue weighted by atomic mass is 9.75. The van der Waals surface area contributed by atoms with Gasteiger partial charge in [0.2, 0.25) is 0 Å². The lowest BCUT2D eigenvalue weighted by Gasteiger charge is -2.34. The van der Waals surface area contributed by atoms with Gasteiger partial charge >= 0.3 is 0 Å². The van der Waals surface area contributed by atoms with Crippen LogP contribution in [0.2, 0.25) is 0 Å². The van der Waals surface area contributed by atoms with E-state index in [1.165, 1.54) is 45.1 Å². The van der Waals surface area contributed by atoms with Crippen LogP contribution in [0.15, 0.2) is 0 Å². The predicted octanol–water partition coefficient (Wildman–Crippen LogP) is 3.98. The molecule has 0 bridgehead atoms. The topological polar surface area (TPSA) is 12.0 Å². The zero-order valence-corrected chi connectivity index (χ0v) is 11.1. The Morgan fingerprint density at radius 3 is 2.33 bits per heavy atom. The molecule has 0 spiro atoms. The van der Waals surface area contributed by atoms with Gasteiger partial charge in [-0.25, -0.2) is 0 Å². The number of rotatable bonds is 8. The first-order valence-corrected chi connectivity index (χ1v) is 6.88. The number of unbranched alkanes of at least 4 members (excludes halogenated alkanes) is 1. The highest BCUT2D eigenvalue weighted by Crippen LogP contribution is 2.50. The lowest BCUT2D eigenvalue weighted by molar-refractivity contribution is 0.187. The van der Waals surface area contributed by atoms with E-state index < -0.39 is 0 Å². The standard InChI is InChI=1S/C14H29N/c1-5-7-10-14(6-2,13-8-9-13)11-15-12(3)4/h12-13,15H,5-11H2,1-4H3. The van der Waals surface area contributed by atoms with Crippen molar-refractivity contribution in [1.29, 1.82) is 0 Å². The molecule has 1 heteroatoms. The first-order chi connectivity index (χ1) is 7.14. The summed E-state index contributed by atoms with van der Waals surface area (Å²) in [5.41, 5.74) is 0.625. The monoisotopic (exact) mass is 211 g/mol. The molecule has 0 saturated heterocycles. The number of nitrogens with one attached hydrogen (secondary N) is 1. The Balaban J connectivity index is 2.48. The second kappa shape index (κ2) is 5.89. The smallest absolute Gasteiger partial charge is 0.00127 e. The summed E-state index contributed by atoms with van der Waals surface area (Å²) in [6.07, 6.45) is 8.51. The van der Waals surface area contributed by atoms with Gasteiger partial charge in [0, 0.05) is 12.6 Å². The van der Waals surface area contributed by atoms with Crippen molar-refractivity contribution >= 4 is 0 Å². The fourth-order valence-electron chi connectivity index (χ4n) is 2.66. The summed E-state index contributed by atoms with van der Waals surface area (Å²) >= 11 is 0. The second-order valence-corrected chi connectivity index (χ2v) is 5.63. The van der Waals surface area contributed by atoms with Crippen LogP contribution in [0, 0.1) is 11.3 Å². The molecule has 15 heavy (non-hydrogen) atoms. The van der Waals surface area contributed by atoms with Crippen molar-refractivity contribution in [1.82, 2.24) is 5.32 Å². The number of hydrogen-bond donors (Lipinski definition) is 1. The maximum absolute atomic E-state index is 3.67. The molecular formula is C14H29N. The van der Waals surface area contributed by atoms with Crippen molar-refractivity contribution in [2.45, 2.75) is 72.3 Å². The molecular weight excluding hydrogens is 182 g/mol. The van der Waals surface area contributed by atoms with Crippen LogP contribution in [0.25, 0.3) is 0 Å². The van der Waals surface area contributed by atoms with Crippen molar-refractivity contribution in [2.75, 3.05) is 6.54 Å². The van der Waals surface area contributed by atoms with Crippen LogP contribution in [-0.4, -0.2) is 12.6 Å². The van der Waals surface area contributed by atoms with Gasteiger partial charge in [-0.3, -0.25) is 0 Å². The van der Waals surface area contributed by atoms with Crippen molar-refractivity contribution in [3.63, 3.8) is 0 Å². The van der Waals surface area contributed by atoms with E-state index in [9.17, 15) is 0 Å². The molecule has 0 radical (unpaired) electrons. The average Bonchev–Trinajstić information content (AvgIpc) is 3.03. The van der Waals surface area contributed by atoms with E-state index >= 15 is 0 Å². The molecule has 0 aromatic carbocycles. The Labute approximate surface area is 96.0 Å². The summed E-state index contributed by atoms with van der Waals surface area (Å²) in [6, 6.07) is 0.635. The Bertz CT molecular complexity index is 172. The molecule has 1 rings (SSSR count). The predicted molar refractivity (Wildman–Crippen MR) is 68.1 cm³/mol. The van der Waals surface area contributed by atoms with Gasteiger partial charge in [-0.1, -0.05) is 40.5 Å². The first kappa shape index (κ1) is 13.0. The Morgan fingerprint density at radius 2 is 1.93 bits per heavy atom. The SMILES string of the molecule is CCCCC(CC)(CNC(C)C)C1CC1. The first-order valence-electron chi connectivity index (χ1n) is 6.88. The van der Waals surface area contributed by atoms with Gasteiger partial charge in [-0.2, -0.15) is 0 Å². The molecule has 1 atom stereocenters. The highest BCUT2D eigenvalue weighted by molar-refractivity contribution is 4.94. The summed E-state index contributed by atoms with van der Waals surface area (Å²) in [6.45, 7) is 10.4. The van der Waals surface area contributed by atoms with E-state index in [0.29, 0.717) is 11.5 Å². The minimum atomic E-state index is 0.625. The van der Waals surface area contributed by atoms with E-state index in [1.807, 2.05) is 0 Å². The van der Waals surface area contributed by atoms with Gasteiger partial charge in [-0.15, -0.1) is 0 Å². The highest BCUT2D eigenvalue weighted by Gasteiger charge is 2.42. The van der Waals surface area contributed by atoms with Crippen LogP contribution in [0.4, 0.5) is 0 Å². The Morgan fingerprint density at radius 1 is 1.27 bits per heavy atom. The summed E-state index contributed by atoms with van der Waals surface area (Å²) < 4.78 is 0. The van der Waals surface area contributed by atoms with Gasteiger partial charge in [0.15, 0.2) is 0 Å². The normalized spacial score (nSPS) is 20.6. The van der Waals surface area contributed by atoms with E-state index in [0.717, 1.165) is 5.92 Å². The molecule has 1 nitrogen and oxygen atoms in total. The highest BCUT2D eigenvalue weighted by atomic mass is 14.9. The van der Waals surface area contributed by atoms with Gasteiger partial charge in [0.1, 0.15) is 0 Å². The molecule has 1 unspecified atom stereocenters. The van der Waals surface area contributed by atoms with Crippen LogP contribution in [0.3, 0.4) is 0 Å². The van der Waals surface area contributed by atoms with Crippen LogP contribution in [-0.2, 0) is 0 Å². The molecule has 90 valence electrons. The van der Waals surface area contributed by atoms with Crippen molar-refractivity contribution in [2.24, 2.45) is 11.3 Å². The second-order valence-electron chi connectivity index (χ2n) is 5.63. The van der Waals surface area contributed by atoms with Crippen LogP contribution >= 0.6 is 0 Å². The molecule has 1 aliphatic carbocycles. The maximum Gasteiger partial charge on any atom is 0.00127 e. The molecule has 0 heterocycles. The van der Waals surface area contributed by atoms with Gasteiger partial charge in [-0.05, 0) is 37.0 Å². The molecule has 1 saturated carbocycles. The molecule has 0 aromatic rings. The maximum atomic E-state index is 3.67. The Hall–Kier alpha value is -0.0400. The largest absolute Gasteiger partial charge is 0.314 e. The summed E-state index contributed by atoms with van der Waals surface area (Å²) in [5.74, 6) is 1.03. The molecule has 1 N–H and O–H groups in total.